The number of carbonyl (C=O) groups excluding carboxylic acids is 1. The summed E-state index contributed by atoms with van der Waals surface area (Å²) in [5.41, 5.74) is 0. The Labute approximate surface area is 77.5 Å². The van der Waals surface area contributed by atoms with Crippen molar-refractivity contribution in [1.29, 1.82) is 0 Å². The van der Waals surface area contributed by atoms with Crippen molar-refractivity contribution < 1.29 is 14.6 Å². The molecule has 0 saturated carbocycles. The van der Waals surface area contributed by atoms with Crippen molar-refractivity contribution in [3.8, 4) is 12.3 Å². The number of aliphatic hydroxyl groups excluding tert-OH is 1. The van der Waals surface area contributed by atoms with Gasteiger partial charge in [0, 0.05) is 6.54 Å². The molecule has 13 heavy (non-hydrogen) atoms. The molecule has 0 bridgehead atoms. The molecule has 1 aliphatic rings. The minimum absolute atomic E-state index is 0.0665. The number of nitrogens with zero attached hydrogens (tertiary/aromatic N) is 1. The maximum Gasteiger partial charge on any atom is 0.298 e. The van der Waals surface area contributed by atoms with Crippen molar-refractivity contribution in [3.05, 3.63) is 0 Å². The van der Waals surface area contributed by atoms with E-state index in [2.05, 4.69) is 0 Å². The average molecular weight is 183 g/mol. The van der Waals surface area contributed by atoms with Crippen LogP contribution in [-0.2, 0) is 9.53 Å². The van der Waals surface area contributed by atoms with Crippen molar-refractivity contribution in [2.75, 3.05) is 19.7 Å². The van der Waals surface area contributed by atoms with Crippen molar-refractivity contribution in [1.82, 2.24) is 4.90 Å². The zero-order valence-corrected chi connectivity index (χ0v) is 7.56. The summed E-state index contributed by atoms with van der Waals surface area (Å²) in [6.07, 6.45) is 4.62. The first kappa shape index (κ1) is 10.0. The summed E-state index contributed by atoms with van der Waals surface area (Å²) in [5.74, 6) is 1.71. The van der Waals surface area contributed by atoms with Crippen LogP contribution in [0, 0.1) is 12.3 Å². The van der Waals surface area contributed by atoms with Crippen LogP contribution in [0.25, 0.3) is 0 Å². The van der Waals surface area contributed by atoms with Gasteiger partial charge in [0.1, 0.15) is 0 Å². The van der Waals surface area contributed by atoms with Crippen molar-refractivity contribution in [3.63, 3.8) is 0 Å². The number of ether oxygens (including phenoxy) is 1. The monoisotopic (exact) mass is 183 g/mol. The van der Waals surface area contributed by atoms with Gasteiger partial charge < -0.3 is 14.7 Å². The molecule has 0 spiro atoms. The number of hydrogen-bond donors (Lipinski definition) is 1. The van der Waals surface area contributed by atoms with Gasteiger partial charge in [0.15, 0.2) is 0 Å². The van der Waals surface area contributed by atoms with Crippen LogP contribution in [0.1, 0.15) is 6.92 Å². The van der Waals surface area contributed by atoms with E-state index >= 15 is 0 Å². The van der Waals surface area contributed by atoms with E-state index < -0.39 is 0 Å². The smallest absolute Gasteiger partial charge is 0.298 e. The van der Waals surface area contributed by atoms with Gasteiger partial charge in [-0.25, -0.2) is 0 Å². The van der Waals surface area contributed by atoms with Gasteiger partial charge in [-0.15, -0.1) is 6.42 Å². The fraction of sp³-hybridized carbons (Fsp3) is 0.667. The van der Waals surface area contributed by atoms with Gasteiger partial charge in [-0.2, -0.15) is 0 Å². The van der Waals surface area contributed by atoms with E-state index in [-0.39, 0.29) is 24.7 Å². The molecule has 2 unspecified atom stereocenters. The Balaban J connectivity index is 2.58. The molecule has 1 saturated heterocycles. The molecule has 72 valence electrons. The number of aliphatic hydroxyl groups is 1. The Bertz CT molecular complexity index is 234. The predicted molar refractivity (Wildman–Crippen MR) is 46.8 cm³/mol. The molecule has 0 aliphatic carbocycles. The van der Waals surface area contributed by atoms with Gasteiger partial charge in [0.2, 0.25) is 0 Å². The second kappa shape index (κ2) is 4.26. The third-order valence-corrected chi connectivity index (χ3v) is 1.94. The first-order valence-corrected chi connectivity index (χ1v) is 4.19. The van der Waals surface area contributed by atoms with Crippen LogP contribution < -0.4 is 0 Å². The Morgan fingerprint density at radius 2 is 2.46 bits per heavy atom. The number of hydrogen-bond acceptors (Lipinski definition) is 3. The Kier molecular flexibility index (Phi) is 3.29. The van der Waals surface area contributed by atoms with Gasteiger partial charge in [0.25, 0.3) is 5.91 Å². The molecule has 1 fully saturated rings. The zero-order valence-electron chi connectivity index (χ0n) is 7.56. The molecule has 4 nitrogen and oxygen atoms in total. The predicted octanol–water partition coefficient (Wildman–Crippen LogP) is -0.772. The highest BCUT2D eigenvalue weighted by Crippen LogP contribution is 2.10. The van der Waals surface area contributed by atoms with Crippen LogP contribution >= 0.6 is 0 Å². The van der Waals surface area contributed by atoms with Gasteiger partial charge in [-0.05, 0) is 12.8 Å². The largest absolute Gasteiger partial charge is 0.394 e. The molecule has 0 aromatic carbocycles. The lowest BCUT2D eigenvalue weighted by atomic mass is 10.2. The molecule has 1 N–H and O–H groups in total. The highest BCUT2D eigenvalue weighted by molar-refractivity contribution is 5.92. The number of amides is 1. The molecular weight excluding hydrogens is 170 g/mol. The standard InChI is InChI=1S/C9H13NO3/c1-3-9(12)10-4-7(2)13-8(5-10)6-11/h1,7-8,11H,4-6H2,2H3. The molecular formula is C9H13NO3. The number of rotatable bonds is 1. The Morgan fingerprint density at radius 1 is 1.77 bits per heavy atom. The quantitative estimate of drug-likeness (QED) is 0.543. The van der Waals surface area contributed by atoms with E-state index in [0.717, 1.165) is 0 Å². The van der Waals surface area contributed by atoms with E-state index in [0.29, 0.717) is 13.1 Å². The van der Waals surface area contributed by atoms with Crippen molar-refractivity contribution >= 4 is 5.91 Å². The SMILES string of the molecule is C#CC(=O)N1CC(C)OC(CO)C1. The Morgan fingerprint density at radius 3 is 3.00 bits per heavy atom. The van der Waals surface area contributed by atoms with Crippen LogP contribution in [0.5, 0.6) is 0 Å². The summed E-state index contributed by atoms with van der Waals surface area (Å²) < 4.78 is 5.35. The Hall–Kier alpha value is -1.05. The highest BCUT2D eigenvalue weighted by Gasteiger charge is 2.26. The van der Waals surface area contributed by atoms with Gasteiger partial charge in [-0.3, -0.25) is 4.79 Å². The second-order valence-electron chi connectivity index (χ2n) is 3.11. The summed E-state index contributed by atoms with van der Waals surface area (Å²) in [4.78, 5) is 12.6. The van der Waals surface area contributed by atoms with Crippen LogP contribution in [0.4, 0.5) is 0 Å². The molecule has 1 heterocycles. The first-order chi connectivity index (χ1) is 6.17. The topological polar surface area (TPSA) is 49.8 Å². The molecule has 2 atom stereocenters. The minimum atomic E-state index is -0.339. The third kappa shape index (κ3) is 2.44. The third-order valence-electron chi connectivity index (χ3n) is 1.94. The van der Waals surface area contributed by atoms with Crippen LogP contribution in [0.2, 0.25) is 0 Å². The van der Waals surface area contributed by atoms with E-state index in [1.54, 1.807) is 0 Å². The highest BCUT2D eigenvalue weighted by atomic mass is 16.5. The van der Waals surface area contributed by atoms with Gasteiger partial charge in [-0.1, -0.05) is 0 Å². The lowest BCUT2D eigenvalue weighted by molar-refractivity contribution is -0.141. The summed E-state index contributed by atoms with van der Waals surface area (Å²) in [6.45, 7) is 2.64. The maximum atomic E-state index is 11.1. The lowest BCUT2D eigenvalue weighted by Crippen LogP contribution is -2.49. The van der Waals surface area contributed by atoms with E-state index in [1.165, 1.54) is 4.90 Å². The number of carbonyl (C=O) groups is 1. The molecule has 1 amide bonds. The van der Waals surface area contributed by atoms with Crippen LogP contribution in [0.3, 0.4) is 0 Å². The summed E-state index contributed by atoms with van der Waals surface area (Å²) in [5, 5.41) is 8.87. The summed E-state index contributed by atoms with van der Waals surface area (Å²) in [7, 11) is 0. The van der Waals surface area contributed by atoms with Gasteiger partial charge >= 0.3 is 0 Å². The normalized spacial score (nSPS) is 28.2. The molecule has 4 heteroatoms. The number of morpholine rings is 1. The maximum absolute atomic E-state index is 11.1. The molecule has 1 aliphatic heterocycles. The summed E-state index contributed by atoms with van der Waals surface area (Å²) >= 11 is 0. The second-order valence-corrected chi connectivity index (χ2v) is 3.11. The molecule has 0 aromatic rings. The molecule has 0 aromatic heterocycles. The van der Waals surface area contributed by atoms with E-state index in [9.17, 15) is 4.79 Å². The van der Waals surface area contributed by atoms with Crippen LogP contribution in [-0.4, -0.2) is 47.8 Å². The minimum Gasteiger partial charge on any atom is -0.394 e. The zero-order chi connectivity index (χ0) is 9.84. The average Bonchev–Trinajstić information content (AvgIpc) is 2.15. The van der Waals surface area contributed by atoms with Crippen molar-refractivity contribution in [2.24, 2.45) is 0 Å². The van der Waals surface area contributed by atoms with Gasteiger partial charge in [0.05, 0.1) is 25.4 Å². The van der Waals surface area contributed by atoms with E-state index in [4.69, 9.17) is 16.3 Å². The molecule has 0 radical (unpaired) electrons. The number of terminal acetylenes is 1. The fourth-order valence-corrected chi connectivity index (χ4v) is 1.40. The fourth-order valence-electron chi connectivity index (χ4n) is 1.40. The molecule has 1 rings (SSSR count). The van der Waals surface area contributed by atoms with E-state index in [1.807, 2.05) is 12.8 Å². The van der Waals surface area contributed by atoms with Crippen LogP contribution in [0.15, 0.2) is 0 Å². The summed E-state index contributed by atoms with van der Waals surface area (Å²) in [6, 6.07) is 0. The first-order valence-electron chi connectivity index (χ1n) is 4.19. The lowest BCUT2D eigenvalue weighted by Gasteiger charge is -2.34. The van der Waals surface area contributed by atoms with Crippen molar-refractivity contribution in [2.45, 2.75) is 19.1 Å².